The minimum atomic E-state index is -0.0726. The maximum atomic E-state index is 6.02. The molecule has 0 aromatic carbocycles. The summed E-state index contributed by atoms with van der Waals surface area (Å²) in [7, 11) is 0. The Morgan fingerprint density at radius 1 is 1.32 bits per heavy atom. The second kappa shape index (κ2) is 12.6. The molecule has 31 heavy (non-hydrogen) atoms. The topological polar surface area (TPSA) is 107 Å². The summed E-state index contributed by atoms with van der Waals surface area (Å²) < 4.78 is 11.6. The average Bonchev–Trinajstić information content (AvgIpc) is 2.75. The molecule has 0 saturated heterocycles. The van der Waals surface area contributed by atoms with Gasteiger partial charge in [-0.3, -0.25) is 9.98 Å². The van der Waals surface area contributed by atoms with E-state index in [1.54, 1.807) is 61.3 Å². The SMILES string of the molecule is C=CC(CN/C=C\C(N)=N/c1ncc(Oc2cccnc2)cc1OC(C)C)=N/C=C\C. The molecule has 2 aromatic rings. The first kappa shape index (κ1) is 23.3. The van der Waals surface area contributed by atoms with Crippen molar-refractivity contribution in [2.45, 2.75) is 26.9 Å². The number of ether oxygens (including phenoxy) is 2. The van der Waals surface area contributed by atoms with Crippen LogP contribution in [0.3, 0.4) is 0 Å². The van der Waals surface area contributed by atoms with Crippen LogP contribution in [0.4, 0.5) is 5.82 Å². The van der Waals surface area contributed by atoms with Gasteiger partial charge in [0.15, 0.2) is 11.6 Å². The van der Waals surface area contributed by atoms with Crippen LogP contribution in [0.2, 0.25) is 0 Å². The first-order chi connectivity index (χ1) is 15.0. The first-order valence-electron chi connectivity index (χ1n) is 9.80. The Balaban J connectivity index is 2.11. The van der Waals surface area contributed by atoms with Gasteiger partial charge >= 0.3 is 0 Å². The van der Waals surface area contributed by atoms with Crippen molar-refractivity contribution in [2.24, 2.45) is 15.7 Å². The molecule has 0 unspecified atom stereocenters. The highest BCUT2D eigenvalue weighted by atomic mass is 16.5. The van der Waals surface area contributed by atoms with E-state index in [1.807, 2.05) is 26.8 Å². The molecule has 0 aliphatic rings. The van der Waals surface area contributed by atoms with Gasteiger partial charge in [0, 0.05) is 24.7 Å². The third-order valence-corrected chi connectivity index (χ3v) is 3.56. The Kier molecular flexibility index (Phi) is 9.48. The lowest BCUT2D eigenvalue weighted by atomic mass is 10.3. The van der Waals surface area contributed by atoms with Crippen LogP contribution in [0.15, 0.2) is 84.0 Å². The molecule has 2 aromatic heterocycles. The Hall–Kier alpha value is -3.94. The van der Waals surface area contributed by atoms with Gasteiger partial charge in [-0.1, -0.05) is 12.7 Å². The molecular weight excluding hydrogens is 392 g/mol. The van der Waals surface area contributed by atoms with E-state index in [9.17, 15) is 0 Å². The minimum Gasteiger partial charge on any atom is -0.487 e. The van der Waals surface area contributed by atoms with Crippen molar-refractivity contribution >= 4 is 17.4 Å². The molecule has 0 amide bonds. The Morgan fingerprint density at radius 2 is 2.16 bits per heavy atom. The number of aliphatic imine (C=N–C) groups is 2. The maximum Gasteiger partial charge on any atom is 0.197 e. The Bertz CT molecular complexity index is 965. The largest absolute Gasteiger partial charge is 0.487 e. The van der Waals surface area contributed by atoms with Crippen molar-refractivity contribution in [3.63, 3.8) is 0 Å². The summed E-state index contributed by atoms with van der Waals surface area (Å²) in [5.74, 6) is 2.20. The molecule has 2 rings (SSSR count). The fourth-order valence-electron chi connectivity index (χ4n) is 2.25. The zero-order valence-electron chi connectivity index (χ0n) is 18.0. The monoisotopic (exact) mass is 420 g/mol. The van der Waals surface area contributed by atoms with Crippen molar-refractivity contribution in [3.05, 3.63) is 74.0 Å². The third-order valence-electron chi connectivity index (χ3n) is 3.56. The number of allylic oxidation sites excluding steroid dienone is 1. The van der Waals surface area contributed by atoms with E-state index in [0.717, 1.165) is 5.71 Å². The van der Waals surface area contributed by atoms with Crippen LogP contribution in [0.1, 0.15) is 20.8 Å². The van der Waals surface area contributed by atoms with E-state index in [2.05, 4.69) is 31.8 Å². The molecule has 8 heteroatoms. The van der Waals surface area contributed by atoms with Crippen LogP contribution >= 0.6 is 0 Å². The van der Waals surface area contributed by atoms with Gasteiger partial charge in [-0.2, -0.15) is 0 Å². The molecule has 0 fully saturated rings. The summed E-state index contributed by atoms with van der Waals surface area (Å²) in [6, 6.07) is 5.32. The second-order valence-electron chi connectivity index (χ2n) is 6.51. The zero-order valence-corrected chi connectivity index (χ0v) is 18.0. The predicted octanol–water partition coefficient (Wildman–Crippen LogP) is 4.31. The van der Waals surface area contributed by atoms with Gasteiger partial charge in [-0.15, -0.1) is 0 Å². The van der Waals surface area contributed by atoms with E-state index in [-0.39, 0.29) is 11.9 Å². The van der Waals surface area contributed by atoms with Crippen LogP contribution < -0.4 is 20.5 Å². The van der Waals surface area contributed by atoms with Gasteiger partial charge in [0.2, 0.25) is 0 Å². The van der Waals surface area contributed by atoms with E-state index >= 15 is 0 Å². The number of rotatable bonds is 11. The summed E-state index contributed by atoms with van der Waals surface area (Å²) in [6.45, 7) is 9.99. The zero-order chi connectivity index (χ0) is 22.5. The van der Waals surface area contributed by atoms with Crippen molar-refractivity contribution in [2.75, 3.05) is 6.54 Å². The van der Waals surface area contributed by atoms with E-state index in [4.69, 9.17) is 15.2 Å². The van der Waals surface area contributed by atoms with Crippen molar-refractivity contribution in [1.29, 1.82) is 0 Å². The van der Waals surface area contributed by atoms with Gasteiger partial charge < -0.3 is 20.5 Å². The summed E-state index contributed by atoms with van der Waals surface area (Å²) in [4.78, 5) is 17.0. The predicted molar refractivity (Wildman–Crippen MR) is 125 cm³/mol. The summed E-state index contributed by atoms with van der Waals surface area (Å²) in [5, 5.41) is 3.09. The fraction of sp³-hybridized carbons (Fsp3) is 0.217. The highest BCUT2D eigenvalue weighted by molar-refractivity contribution is 5.97. The smallest absolute Gasteiger partial charge is 0.197 e. The van der Waals surface area contributed by atoms with Crippen molar-refractivity contribution in [3.8, 4) is 17.2 Å². The Labute approximate surface area is 183 Å². The lowest BCUT2D eigenvalue weighted by Crippen LogP contribution is -2.17. The fourth-order valence-corrected chi connectivity index (χ4v) is 2.25. The average molecular weight is 421 g/mol. The number of nitrogens with zero attached hydrogens (tertiary/aromatic N) is 4. The molecule has 0 bridgehead atoms. The quantitative estimate of drug-likeness (QED) is 0.414. The number of hydrogen-bond acceptors (Lipinski definition) is 7. The van der Waals surface area contributed by atoms with E-state index in [0.29, 0.717) is 29.6 Å². The number of pyridine rings is 2. The standard InChI is InChI=1S/C23H28N6O2/c1-5-10-27-18(6-2)14-26-12-9-22(24)29-23-21(30-17(3)4)13-20(16-28-23)31-19-8-7-11-25-15-19/h5-13,15-17,26H,2,14H2,1,3-4H3,(H2,24,28,29)/b10-5-,12-9-,27-18?. The maximum absolute atomic E-state index is 6.02. The van der Waals surface area contributed by atoms with Crippen LogP contribution in [-0.4, -0.2) is 34.2 Å². The third kappa shape index (κ3) is 8.53. The second-order valence-corrected chi connectivity index (χ2v) is 6.51. The first-order valence-corrected chi connectivity index (χ1v) is 9.80. The molecule has 0 spiro atoms. The van der Waals surface area contributed by atoms with E-state index in [1.165, 1.54) is 0 Å². The molecule has 162 valence electrons. The lowest BCUT2D eigenvalue weighted by molar-refractivity contribution is 0.241. The molecule has 8 nitrogen and oxygen atoms in total. The number of nitrogens with one attached hydrogen (secondary N) is 1. The molecule has 0 aliphatic carbocycles. The molecular formula is C23H28N6O2. The van der Waals surface area contributed by atoms with Gasteiger partial charge in [-0.05, 0) is 45.1 Å². The number of hydrogen-bond donors (Lipinski definition) is 2. The molecule has 0 saturated carbocycles. The van der Waals surface area contributed by atoms with Crippen LogP contribution in [-0.2, 0) is 0 Å². The van der Waals surface area contributed by atoms with Gasteiger partial charge in [0.25, 0.3) is 0 Å². The summed E-state index contributed by atoms with van der Waals surface area (Å²) in [5.41, 5.74) is 6.83. The van der Waals surface area contributed by atoms with Crippen molar-refractivity contribution in [1.82, 2.24) is 15.3 Å². The van der Waals surface area contributed by atoms with Crippen LogP contribution in [0.5, 0.6) is 17.2 Å². The molecule has 3 N–H and O–H groups in total. The highest BCUT2D eigenvalue weighted by Gasteiger charge is 2.10. The van der Waals surface area contributed by atoms with Gasteiger partial charge in [0.1, 0.15) is 17.3 Å². The lowest BCUT2D eigenvalue weighted by Gasteiger charge is -2.13. The van der Waals surface area contributed by atoms with Gasteiger partial charge in [0.05, 0.1) is 30.8 Å². The molecule has 0 aliphatic heterocycles. The van der Waals surface area contributed by atoms with Crippen LogP contribution in [0.25, 0.3) is 0 Å². The summed E-state index contributed by atoms with van der Waals surface area (Å²) in [6.07, 6.45) is 13.4. The molecule has 0 atom stereocenters. The molecule has 0 radical (unpaired) electrons. The van der Waals surface area contributed by atoms with Crippen LogP contribution in [0, 0.1) is 0 Å². The Morgan fingerprint density at radius 3 is 2.84 bits per heavy atom. The minimum absolute atomic E-state index is 0.0726. The number of aromatic nitrogens is 2. The number of amidine groups is 1. The molecule has 2 heterocycles. The number of nitrogens with two attached hydrogens (primary N) is 1. The normalized spacial score (nSPS) is 12.5. The van der Waals surface area contributed by atoms with Crippen molar-refractivity contribution < 1.29 is 9.47 Å². The van der Waals surface area contributed by atoms with Gasteiger partial charge in [-0.25, -0.2) is 9.98 Å². The summed E-state index contributed by atoms with van der Waals surface area (Å²) >= 11 is 0. The highest BCUT2D eigenvalue weighted by Crippen LogP contribution is 2.32. The van der Waals surface area contributed by atoms with E-state index < -0.39 is 0 Å².